The summed E-state index contributed by atoms with van der Waals surface area (Å²) in [6.45, 7) is 2.70. The van der Waals surface area contributed by atoms with E-state index in [-0.39, 0.29) is 11.9 Å². The van der Waals surface area contributed by atoms with E-state index in [2.05, 4.69) is 4.90 Å². The fourth-order valence-electron chi connectivity index (χ4n) is 2.13. The van der Waals surface area contributed by atoms with Crippen LogP contribution in [0.15, 0.2) is 18.2 Å². The highest BCUT2D eigenvalue weighted by molar-refractivity contribution is 6.31. The highest BCUT2D eigenvalue weighted by Gasteiger charge is 2.17. The fourth-order valence-corrected chi connectivity index (χ4v) is 2.35. The minimum absolute atomic E-state index is 0.257. The van der Waals surface area contributed by atoms with Gasteiger partial charge >= 0.3 is 0 Å². The Morgan fingerprint density at radius 2 is 2.31 bits per heavy atom. The minimum Gasteiger partial charge on any atom is -0.327 e. The van der Waals surface area contributed by atoms with Crippen LogP contribution in [0.3, 0.4) is 0 Å². The standard InChI is InChI=1S/C12H16ClFN2/c13-12-6-10(14)4-3-9(12)7-16-5-1-2-11(15)8-16/h3-4,6,11H,1-2,5,7-8,15H2/t11-/m0/s1. The highest BCUT2D eigenvalue weighted by atomic mass is 35.5. The predicted molar refractivity (Wildman–Crippen MR) is 63.9 cm³/mol. The normalized spacial score (nSPS) is 22.3. The third-order valence-electron chi connectivity index (χ3n) is 2.95. The Labute approximate surface area is 100 Å². The van der Waals surface area contributed by atoms with Crippen molar-refractivity contribution in [1.29, 1.82) is 0 Å². The van der Waals surface area contributed by atoms with E-state index in [1.807, 2.05) is 0 Å². The Hall–Kier alpha value is -0.640. The molecule has 1 aromatic carbocycles. The average Bonchev–Trinajstić information content (AvgIpc) is 2.22. The van der Waals surface area contributed by atoms with Gasteiger partial charge in [-0.05, 0) is 37.1 Å². The zero-order valence-electron chi connectivity index (χ0n) is 9.13. The third kappa shape index (κ3) is 2.94. The van der Waals surface area contributed by atoms with Crippen molar-refractivity contribution in [3.05, 3.63) is 34.6 Å². The first-order valence-electron chi connectivity index (χ1n) is 5.57. The van der Waals surface area contributed by atoms with Gasteiger partial charge in [0.2, 0.25) is 0 Å². The molecule has 0 unspecified atom stereocenters. The molecule has 1 fully saturated rings. The Balaban J connectivity index is 2.02. The molecule has 2 nitrogen and oxygen atoms in total. The second-order valence-corrected chi connectivity index (χ2v) is 4.78. The molecule has 4 heteroatoms. The van der Waals surface area contributed by atoms with Crippen LogP contribution < -0.4 is 5.73 Å². The van der Waals surface area contributed by atoms with Crippen LogP contribution in [0.25, 0.3) is 0 Å². The average molecular weight is 243 g/mol. The molecule has 1 aromatic rings. The number of hydrogen-bond donors (Lipinski definition) is 1. The topological polar surface area (TPSA) is 29.3 Å². The second-order valence-electron chi connectivity index (χ2n) is 4.37. The largest absolute Gasteiger partial charge is 0.327 e. The molecule has 1 aliphatic rings. The monoisotopic (exact) mass is 242 g/mol. The van der Waals surface area contributed by atoms with Gasteiger partial charge < -0.3 is 5.73 Å². The smallest absolute Gasteiger partial charge is 0.124 e. The Kier molecular flexibility index (Phi) is 3.79. The summed E-state index contributed by atoms with van der Waals surface area (Å²) in [5.41, 5.74) is 6.88. The number of rotatable bonds is 2. The number of piperidine rings is 1. The molecule has 16 heavy (non-hydrogen) atoms. The van der Waals surface area contributed by atoms with E-state index < -0.39 is 0 Å². The van der Waals surface area contributed by atoms with Crippen molar-refractivity contribution < 1.29 is 4.39 Å². The molecule has 0 radical (unpaired) electrons. The molecule has 88 valence electrons. The maximum absolute atomic E-state index is 12.9. The van der Waals surface area contributed by atoms with Gasteiger partial charge in [-0.15, -0.1) is 0 Å². The molecule has 0 saturated carbocycles. The van der Waals surface area contributed by atoms with E-state index >= 15 is 0 Å². The zero-order valence-corrected chi connectivity index (χ0v) is 9.88. The summed E-state index contributed by atoms with van der Waals surface area (Å²) in [7, 11) is 0. The molecule has 0 amide bonds. The first-order chi connectivity index (χ1) is 7.65. The van der Waals surface area contributed by atoms with Crippen molar-refractivity contribution in [2.75, 3.05) is 13.1 Å². The predicted octanol–water partition coefficient (Wildman–Crippen LogP) is 2.40. The van der Waals surface area contributed by atoms with Crippen molar-refractivity contribution in [2.24, 2.45) is 5.73 Å². The number of nitrogens with zero attached hydrogens (tertiary/aromatic N) is 1. The number of nitrogens with two attached hydrogens (primary N) is 1. The van der Waals surface area contributed by atoms with E-state index in [0.29, 0.717) is 5.02 Å². The maximum atomic E-state index is 12.9. The van der Waals surface area contributed by atoms with Gasteiger partial charge in [0.15, 0.2) is 0 Å². The summed E-state index contributed by atoms with van der Waals surface area (Å²) < 4.78 is 12.9. The maximum Gasteiger partial charge on any atom is 0.124 e. The van der Waals surface area contributed by atoms with Crippen LogP contribution in [-0.2, 0) is 6.54 Å². The fraction of sp³-hybridized carbons (Fsp3) is 0.500. The number of benzene rings is 1. The summed E-state index contributed by atoms with van der Waals surface area (Å²) in [4.78, 5) is 2.27. The Bertz CT molecular complexity index is 370. The van der Waals surface area contributed by atoms with Gasteiger partial charge in [-0.25, -0.2) is 4.39 Å². The van der Waals surface area contributed by atoms with Crippen LogP contribution in [0.2, 0.25) is 5.02 Å². The lowest BCUT2D eigenvalue weighted by Crippen LogP contribution is -2.42. The van der Waals surface area contributed by atoms with Crippen molar-refractivity contribution in [3.63, 3.8) is 0 Å². The number of hydrogen-bond acceptors (Lipinski definition) is 2. The number of halogens is 2. The lowest BCUT2D eigenvalue weighted by Gasteiger charge is -2.30. The van der Waals surface area contributed by atoms with E-state index in [9.17, 15) is 4.39 Å². The molecule has 1 heterocycles. The SMILES string of the molecule is N[C@H]1CCCN(Cc2ccc(F)cc2Cl)C1. The van der Waals surface area contributed by atoms with E-state index in [0.717, 1.165) is 38.0 Å². The van der Waals surface area contributed by atoms with Crippen molar-refractivity contribution >= 4 is 11.6 Å². The Morgan fingerprint density at radius 1 is 1.50 bits per heavy atom. The van der Waals surface area contributed by atoms with Gasteiger partial charge in [-0.3, -0.25) is 4.90 Å². The molecule has 1 aliphatic heterocycles. The van der Waals surface area contributed by atoms with Crippen molar-refractivity contribution in [2.45, 2.75) is 25.4 Å². The lowest BCUT2D eigenvalue weighted by atomic mass is 10.1. The highest BCUT2D eigenvalue weighted by Crippen LogP contribution is 2.20. The van der Waals surface area contributed by atoms with E-state index in [1.54, 1.807) is 6.07 Å². The molecular formula is C12H16ClFN2. The van der Waals surface area contributed by atoms with Gasteiger partial charge in [0.05, 0.1) is 0 Å². The van der Waals surface area contributed by atoms with Gasteiger partial charge in [-0.2, -0.15) is 0 Å². The van der Waals surface area contributed by atoms with Gasteiger partial charge in [0.1, 0.15) is 5.82 Å². The van der Waals surface area contributed by atoms with E-state index in [4.69, 9.17) is 17.3 Å². The van der Waals surface area contributed by atoms with Crippen LogP contribution in [-0.4, -0.2) is 24.0 Å². The lowest BCUT2D eigenvalue weighted by molar-refractivity contribution is 0.201. The van der Waals surface area contributed by atoms with Gasteiger partial charge in [-0.1, -0.05) is 17.7 Å². The molecule has 0 spiro atoms. The van der Waals surface area contributed by atoms with Crippen LogP contribution in [0.5, 0.6) is 0 Å². The summed E-state index contributed by atoms with van der Waals surface area (Å²) in [5, 5.41) is 0.499. The Morgan fingerprint density at radius 3 is 3.00 bits per heavy atom. The van der Waals surface area contributed by atoms with Gasteiger partial charge in [0, 0.05) is 24.2 Å². The minimum atomic E-state index is -0.288. The second kappa shape index (κ2) is 5.13. The van der Waals surface area contributed by atoms with E-state index in [1.165, 1.54) is 12.1 Å². The third-order valence-corrected chi connectivity index (χ3v) is 3.30. The molecule has 1 saturated heterocycles. The summed E-state index contributed by atoms with van der Waals surface area (Å²) in [6.07, 6.45) is 2.22. The van der Waals surface area contributed by atoms with Crippen LogP contribution in [0.4, 0.5) is 4.39 Å². The van der Waals surface area contributed by atoms with Crippen LogP contribution >= 0.6 is 11.6 Å². The summed E-state index contributed by atoms with van der Waals surface area (Å²) in [6, 6.07) is 4.82. The zero-order chi connectivity index (χ0) is 11.5. The molecule has 0 bridgehead atoms. The molecule has 0 aromatic heterocycles. The summed E-state index contributed by atoms with van der Waals surface area (Å²) in [5.74, 6) is -0.288. The first-order valence-corrected chi connectivity index (χ1v) is 5.95. The molecule has 1 atom stereocenters. The quantitative estimate of drug-likeness (QED) is 0.863. The van der Waals surface area contributed by atoms with Crippen LogP contribution in [0.1, 0.15) is 18.4 Å². The molecule has 2 rings (SSSR count). The van der Waals surface area contributed by atoms with Crippen molar-refractivity contribution in [3.8, 4) is 0 Å². The van der Waals surface area contributed by atoms with Gasteiger partial charge in [0.25, 0.3) is 0 Å². The molecule has 0 aliphatic carbocycles. The number of likely N-dealkylation sites (tertiary alicyclic amines) is 1. The van der Waals surface area contributed by atoms with Crippen LogP contribution in [0, 0.1) is 5.82 Å². The molecule has 2 N–H and O–H groups in total. The summed E-state index contributed by atoms with van der Waals surface area (Å²) >= 11 is 5.99. The van der Waals surface area contributed by atoms with Crippen molar-refractivity contribution in [1.82, 2.24) is 4.90 Å². The molecular weight excluding hydrogens is 227 g/mol. The first kappa shape index (κ1) is 11.8.